The molecule has 122 valence electrons. The second-order valence-corrected chi connectivity index (χ2v) is 6.36. The lowest BCUT2D eigenvalue weighted by Crippen LogP contribution is -2.26. The molecule has 0 bridgehead atoms. The number of para-hydroxylation sites is 2. The lowest BCUT2D eigenvalue weighted by Gasteiger charge is -2.20. The number of benzene rings is 2. The Hall–Kier alpha value is -1.65. The zero-order chi connectivity index (χ0) is 16.7. The fourth-order valence-electron chi connectivity index (χ4n) is 2.22. The number of carbonyl (C=O) groups excluding carboxylic acids is 1. The van der Waals surface area contributed by atoms with Gasteiger partial charge in [0.1, 0.15) is 5.75 Å². The van der Waals surface area contributed by atoms with Crippen LogP contribution < -0.4 is 9.64 Å². The number of halogens is 1. The molecule has 5 heteroatoms. The van der Waals surface area contributed by atoms with E-state index < -0.39 is 0 Å². The molecule has 3 nitrogen and oxygen atoms in total. The molecule has 2 aromatic carbocycles. The number of anilines is 1. The van der Waals surface area contributed by atoms with Crippen LogP contribution in [0.25, 0.3) is 0 Å². The first-order valence-electron chi connectivity index (χ1n) is 7.33. The van der Waals surface area contributed by atoms with Crippen molar-refractivity contribution in [2.45, 2.75) is 17.1 Å². The van der Waals surface area contributed by atoms with E-state index >= 15 is 0 Å². The van der Waals surface area contributed by atoms with Crippen molar-refractivity contribution in [2.75, 3.05) is 24.9 Å². The van der Waals surface area contributed by atoms with Crippen LogP contribution in [-0.4, -0.2) is 25.9 Å². The van der Waals surface area contributed by atoms with E-state index in [1.807, 2.05) is 42.5 Å². The molecule has 0 heterocycles. The van der Waals surface area contributed by atoms with E-state index in [2.05, 4.69) is 6.07 Å². The van der Waals surface area contributed by atoms with Crippen LogP contribution in [0.1, 0.15) is 12.0 Å². The number of carbonyl (C=O) groups is 1. The average molecular weight is 350 g/mol. The van der Waals surface area contributed by atoms with Crippen molar-refractivity contribution in [3.63, 3.8) is 0 Å². The molecule has 0 saturated carbocycles. The first kappa shape index (κ1) is 17.7. The van der Waals surface area contributed by atoms with Gasteiger partial charge in [-0.3, -0.25) is 4.79 Å². The van der Waals surface area contributed by atoms with Gasteiger partial charge in [-0.2, -0.15) is 0 Å². The van der Waals surface area contributed by atoms with Gasteiger partial charge in [0.25, 0.3) is 0 Å². The van der Waals surface area contributed by atoms with Crippen LogP contribution in [-0.2, 0) is 10.5 Å². The molecular formula is C18H20ClNO2S. The van der Waals surface area contributed by atoms with Crippen LogP contribution in [0.4, 0.5) is 5.69 Å². The number of nitrogens with zero attached hydrogens (tertiary/aromatic N) is 1. The number of amides is 1. The van der Waals surface area contributed by atoms with Crippen LogP contribution in [0.5, 0.6) is 5.75 Å². The normalized spacial score (nSPS) is 10.4. The quantitative estimate of drug-likeness (QED) is 0.541. The molecule has 0 radical (unpaired) electrons. The SMILES string of the molecule is COc1ccccc1CSc1ccccc1N(C)C(=O)CCCl. The maximum atomic E-state index is 12.1. The van der Waals surface area contributed by atoms with Gasteiger partial charge >= 0.3 is 0 Å². The number of methoxy groups -OCH3 is 1. The summed E-state index contributed by atoms with van der Waals surface area (Å²) >= 11 is 7.36. The highest BCUT2D eigenvalue weighted by atomic mass is 35.5. The molecule has 23 heavy (non-hydrogen) atoms. The van der Waals surface area contributed by atoms with Crippen molar-refractivity contribution in [1.82, 2.24) is 0 Å². The lowest BCUT2D eigenvalue weighted by molar-refractivity contribution is -0.117. The minimum absolute atomic E-state index is 0.0188. The monoisotopic (exact) mass is 349 g/mol. The third-order valence-corrected chi connectivity index (χ3v) is 4.79. The van der Waals surface area contributed by atoms with E-state index in [4.69, 9.17) is 16.3 Å². The summed E-state index contributed by atoms with van der Waals surface area (Å²) in [5, 5.41) is 0. The molecule has 0 N–H and O–H groups in total. The Balaban J connectivity index is 2.16. The number of hydrogen-bond donors (Lipinski definition) is 0. The maximum absolute atomic E-state index is 12.1. The Morgan fingerprint density at radius 1 is 1.17 bits per heavy atom. The van der Waals surface area contributed by atoms with Crippen molar-refractivity contribution in [2.24, 2.45) is 0 Å². The Morgan fingerprint density at radius 2 is 1.87 bits per heavy atom. The molecule has 0 spiro atoms. The van der Waals surface area contributed by atoms with Gasteiger partial charge in [0.2, 0.25) is 5.91 Å². The standard InChI is InChI=1S/C18H20ClNO2S/c1-20(18(21)11-12-19)15-8-4-6-10-17(15)23-13-14-7-3-5-9-16(14)22-2/h3-10H,11-13H2,1-2H3. The Bertz CT molecular complexity index is 663. The van der Waals surface area contributed by atoms with E-state index in [-0.39, 0.29) is 5.91 Å². The van der Waals surface area contributed by atoms with Crippen molar-refractivity contribution >= 4 is 35.0 Å². The molecule has 1 amide bonds. The molecule has 2 rings (SSSR count). The lowest BCUT2D eigenvalue weighted by atomic mass is 10.2. The summed E-state index contributed by atoms with van der Waals surface area (Å²) in [5.74, 6) is 2.01. The van der Waals surface area contributed by atoms with Crippen molar-refractivity contribution in [3.8, 4) is 5.75 Å². The fraction of sp³-hybridized carbons (Fsp3) is 0.278. The van der Waals surface area contributed by atoms with Crippen molar-refractivity contribution in [1.29, 1.82) is 0 Å². The number of alkyl halides is 1. The topological polar surface area (TPSA) is 29.5 Å². The van der Waals surface area contributed by atoms with Gasteiger partial charge in [-0.05, 0) is 18.2 Å². The molecule has 0 aromatic heterocycles. The molecule has 0 aliphatic heterocycles. The van der Waals surface area contributed by atoms with Gasteiger partial charge in [-0.1, -0.05) is 30.3 Å². The van der Waals surface area contributed by atoms with E-state index in [1.165, 1.54) is 0 Å². The number of ether oxygens (including phenoxy) is 1. The molecule has 0 unspecified atom stereocenters. The first-order valence-corrected chi connectivity index (χ1v) is 8.85. The van der Waals surface area contributed by atoms with Crippen LogP contribution >= 0.6 is 23.4 Å². The van der Waals surface area contributed by atoms with E-state index in [9.17, 15) is 4.79 Å². The van der Waals surface area contributed by atoms with E-state index in [1.54, 1.807) is 30.8 Å². The summed E-state index contributed by atoms with van der Waals surface area (Å²) in [5.41, 5.74) is 2.03. The Morgan fingerprint density at radius 3 is 2.61 bits per heavy atom. The number of rotatable bonds is 7. The second-order valence-electron chi connectivity index (χ2n) is 4.96. The molecule has 0 fully saturated rings. The molecule has 0 aliphatic carbocycles. The first-order chi connectivity index (χ1) is 11.2. The summed E-state index contributed by atoms with van der Waals surface area (Å²) in [4.78, 5) is 14.8. The predicted octanol–water partition coefficient (Wildman–Crippen LogP) is 4.58. The summed E-state index contributed by atoms with van der Waals surface area (Å²) in [7, 11) is 3.47. The van der Waals surface area contributed by atoms with Crippen molar-refractivity contribution in [3.05, 3.63) is 54.1 Å². The van der Waals surface area contributed by atoms with Gasteiger partial charge in [0, 0.05) is 35.6 Å². The zero-order valence-electron chi connectivity index (χ0n) is 13.3. The summed E-state index contributed by atoms with van der Waals surface area (Å²) < 4.78 is 5.39. The van der Waals surface area contributed by atoms with Crippen LogP contribution in [0.3, 0.4) is 0 Å². The summed E-state index contributed by atoms with van der Waals surface area (Å²) in [6, 6.07) is 15.9. The molecule has 0 atom stereocenters. The Kier molecular flexibility index (Phi) is 6.81. The minimum Gasteiger partial charge on any atom is -0.496 e. The summed E-state index contributed by atoms with van der Waals surface area (Å²) in [6.07, 6.45) is 0.337. The van der Waals surface area contributed by atoms with Crippen molar-refractivity contribution < 1.29 is 9.53 Å². The number of thioether (sulfide) groups is 1. The minimum atomic E-state index is 0.0188. The van der Waals surface area contributed by atoms with Gasteiger partial charge in [0.05, 0.1) is 12.8 Å². The highest BCUT2D eigenvalue weighted by molar-refractivity contribution is 7.98. The molecule has 0 aliphatic rings. The summed E-state index contributed by atoms with van der Waals surface area (Å²) in [6.45, 7) is 0. The van der Waals surface area contributed by atoms with Gasteiger partial charge in [-0.15, -0.1) is 23.4 Å². The third-order valence-electron chi connectivity index (χ3n) is 3.48. The third kappa shape index (κ3) is 4.66. The zero-order valence-corrected chi connectivity index (χ0v) is 14.9. The van der Waals surface area contributed by atoms with Gasteiger partial charge in [-0.25, -0.2) is 0 Å². The molecular weight excluding hydrogens is 330 g/mol. The second kappa shape index (κ2) is 8.85. The molecule has 0 saturated heterocycles. The van der Waals surface area contributed by atoms with Crippen LogP contribution in [0, 0.1) is 0 Å². The fourth-order valence-corrected chi connectivity index (χ4v) is 3.46. The van der Waals surface area contributed by atoms with E-state index in [0.717, 1.165) is 27.6 Å². The Labute approximate surface area is 146 Å². The van der Waals surface area contributed by atoms with Gasteiger partial charge < -0.3 is 9.64 Å². The smallest absolute Gasteiger partial charge is 0.227 e. The largest absolute Gasteiger partial charge is 0.496 e. The van der Waals surface area contributed by atoms with E-state index in [0.29, 0.717) is 12.3 Å². The highest BCUT2D eigenvalue weighted by Gasteiger charge is 2.14. The number of hydrogen-bond acceptors (Lipinski definition) is 3. The van der Waals surface area contributed by atoms with Crippen LogP contribution in [0.2, 0.25) is 0 Å². The highest BCUT2D eigenvalue weighted by Crippen LogP contribution is 2.34. The van der Waals surface area contributed by atoms with Crippen LogP contribution in [0.15, 0.2) is 53.4 Å². The van der Waals surface area contributed by atoms with Gasteiger partial charge in [0.15, 0.2) is 0 Å². The molecule has 2 aromatic rings. The predicted molar refractivity (Wildman–Crippen MR) is 97.7 cm³/mol. The maximum Gasteiger partial charge on any atom is 0.227 e. The average Bonchev–Trinajstić information content (AvgIpc) is 2.60.